The second-order valence-corrected chi connectivity index (χ2v) is 5.98. The van der Waals surface area contributed by atoms with Crippen LogP contribution >= 0.6 is 0 Å². The Morgan fingerprint density at radius 3 is 2.62 bits per heavy atom. The number of nitrogens with zero attached hydrogens (tertiary/aromatic N) is 1. The fraction of sp³-hybridized carbons (Fsp3) is 0.714. The fourth-order valence-corrected chi connectivity index (χ4v) is 4.83. The van der Waals surface area contributed by atoms with Crippen LogP contribution in [-0.4, -0.2) is 10.7 Å². The second-order valence-electron chi connectivity index (χ2n) is 5.98. The zero-order valence-electron chi connectivity index (χ0n) is 9.68. The van der Waals surface area contributed by atoms with Crippen LogP contribution in [0, 0.1) is 23.7 Å². The molecule has 1 aromatic heterocycles. The summed E-state index contributed by atoms with van der Waals surface area (Å²) >= 11 is 0. The first-order valence-corrected chi connectivity index (χ1v) is 6.81. The molecule has 2 bridgehead atoms. The summed E-state index contributed by atoms with van der Waals surface area (Å²) in [5.74, 6) is 4.19. The molecule has 0 aliphatic heterocycles. The number of nitrogens with one attached hydrogen (secondary N) is 1. The highest BCUT2D eigenvalue weighted by Gasteiger charge is 2.53. The molecule has 3 aliphatic carbocycles. The highest BCUT2D eigenvalue weighted by Crippen LogP contribution is 2.58. The molecule has 5 atom stereocenters. The molecule has 2 heteroatoms. The van der Waals surface area contributed by atoms with E-state index in [1.165, 1.54) is 32.1 Å². The molecule has 0 radical (unpaired) electrons. The number of fused-ring (bicyclic) bond motifs is 5. The molecular formula is C14H20N2. The summed E-state index contributed by atoms with van der Waals surface area (Å²) in [4.78, 5) is 0. The smallest absolute Gasteiger partial charge is 0.0458 e. The van der Waals surface area contributed by atoms with Gasteiger partial charge in [0.25, 0.3) is 0 Å². The maximum absolute atomic E-state index is 3.68. The largest absolute Gasteiger partial charge is 0.323 e. The molecule has 86 valence electrons. The van der Waals surface area contributed by atoms with Gasteiger partial charge in [0.05, 0.1) is 0 Å². The predicted molar refractivity (Wildman–Crippen MR) is 64.6 cm³/mol. The Labute approximate surface area is 97.0 Å². The van der Waals surface area contributed by atoms with Crippen LogP contribution in [0.3, 0.4) is 0 Å². The third-order valence-electron chi connectivity index (χ3n) is 5.35. The Morgan fingerprint density at radius 2 is 1.75 bits per heavy atom. The van der Waals surface area contributed by atoms with E-state index in [-0.39, 0.29) is 0 Å². The van der Waals surface area contributed by atoms with Crippen LogP contribution < -0.4 is 5.43 Å². The summed E-state index contributed by atoms with van der Waals surface area (Å²) in [6, 6.07) is 4.94. The lowest BCUT2D eigenvalue weighted by Crippen LogP contribution is -2.37. The molecule has 0 aromatic carbocycles. The van der Waals surface area contributed by atoms with Gasteiger partial charge in [-0.3, -0.25) is 4.68 Å². The lowest BCUT2D eigenvalue weighted by molar-refractivity contribution is 0.236. The Morgan fingerprint density at radius 1 is 0.938 bits per heavy atom. The normalized spacial score (nSPS) is 44.9. The van der Waals surface area contributed by atoms with Gasteiger partial charge in [0, 0.05) is 18.4 Å². The monoisotopic (exact) mass is 216 g/mol. The highest BCUT2D eigenvalue weighted by atomic mass is 15.4. The van der Waals surface area contributed by atoms with Crippen LogP contribution in [0.15, 0.2) is 24.5 Å². The summed E-state index contributed by atoms with van der Waals surface area (Å²) in [5.41, 5.74) is 3.68. The molecule has 3 aliphatic rings. The SMILES string of the molecule is c1ccn(NC2CC3CC2C2CCCC32)c1. The molecule has 5 unspecified atom stereocenters. The average molecular weight is 216 g/mol. The van der Waals surface area contributed by atoms with Crippen molar-refractivity contribution in [2.45, 2.75) is 38.1 Å². The van der Waals surface area contributed by atoms with E-state index in [0.29, 0.717) is 0 Å². The van der Waals surface area contributed by atoms with E-state index in [1.54, 1.807) is 0 Å². The summed E-state index contributed by atoms with van der Waals surface area (Å²) in [6.45, 7) is 0. The molecule has 1 heterocycles. The van der Waals surface area contributed by atoms with Crippen molar-refractivity contribution >= 4 is 0 Å². The number of hydrogen-bond donors (Lipinski definition) is 1. The number of rotatable bonds is 2. The summed E-state index contributed by atoms with van der Waals surface area (Å²) < 4.78 is 2.15. The molecule has 0 amide bonds. The molecule has 4 rings (SSSR count). The van der Waals surface area contributed by atoms with Crippen molar-refractivity contribution in [1.82, 2.24) is 4.68 Å². The predicted octanol–water partition coefficient (Wildman–Crippen LogP) is 2.86. The quantitative estimate of drug-likeness (QED) is 0.804. The van der Waals surface area contributed by atoms with Gasteiger partial charge in [-0.25, -0.2) is 0 Å². The third-order valence-corrected chi connectivity index (χ3v) is 5.35. The highest BCUT2D eigenvalue weighted by molar-refractivity contribution is 5.09. The summed E-state index contributed by atoms with van der Waals surface area (Å²) in [6.07, 6.45) is 11.7. The van der Waals surface area contributed by atoms with Crippen LogP contribution in [0.4, 0.5) is 0 Å². The molecule has 16 heavy (non-hydrogen) atoms. The zero-order valence-corrected chi connectivity index (χ0v) is 9.68. The van der Waals surface area contributed by atoms with Gasteiger partial charge in [-0.2, -0.15) is 0 Å². The minimum Gasteiger partial charge on any atom is -0.323 e. The fourth-order valence-electron chi connectivity index (χ4n) is 4.83. The lowest BCUT2D eigenvalue weighted by Gasteiger charge is -2.32. The van der Waals surface area contributed by atoms with Crippen molar-refractivity contribution in [3.63, 3.8) is 0 Å². The minimum atomic E-state index is 0.747. The number of hydrogen-bond acceptors (Lipinski definition) is 1. The van der Waals surface area contributed by atoms with Gasteiger partial charge in [-0.05, 0) is 61.5 Å². The van der Waals surface area contributed by atoms with Crippen LogP contribution in [0.5, 0.6) is 0 Å². The first-order chi connectivity index (χ1) is 7.92. The molecule has 3 saturated carbocycles. The van der Waals surface area contributed by atoms with Gasteiger partial charge in [-0.1, -0.05) is 6.42 Å². The minimum absolute atomic E-state index is 0.747. The maximum atomic E-state index is 3.68. The topological polar surface area (TPSA) is 17.0 Å². The van der Waals surface area contributed by atoms with Crippen LogP contribution in [0.25, 0.3) is 0 Å². The Bertz CT molecular complexity index is 370. The van der Waals surface area contributed by atoms with Crippen molar-refractivity contribution in [2.75, 3.05) is 5.43 Å². The van der Waals surface area contributed by atoms with E-state index in [1.807, 2.05) is 0 Å². The molecule has 0 spiro atoms. The Kier molecular flexibility index (Phi) is 1.88. The summed E-state index contributed by atoms with van der Waals surface area (Å²) in [7, 11) is 0. The Balaban J connectivity index is 1.52. The van der Waals surface area contributed by atoms with E-state index in [2.05, 4.69) is 34.6 Å². The van der Waals surface area contributed by atoms with Gasteiger partial charge in [0.1, 0.15) is 0 Å². The summed E-state index contributed by atoms with van der Waals surface area (Å²) in [5, 5.41) is 0. The second kappa shape index (κ2) is 3.28. The molecule has 1 N–H and O–H groups in total. The third kappa shape index (κ3) is 1.19. The van der Waals surface area contributed by atoms with Gasteiger partial charge >= 0.3 is 0 Å². The lowest BCUT2D eigenvalue weighted by atomic mass is 9.79. The van der Waals surface area contributed by atoms with E-state index < -0.39 is 0 Å². The molecule has 2 nitrogen and oxygen atoms in total. The van der Waals surface area contributed by atoms with Crippen LogP contribution in [0.2, 0.25) is 0 Å². The van der Waals surface area contributed by atoms with E-state index >= 15 is 0 Å². The average Bonchev–Trinajstić information content (AvgIpc) is 2.99. The van der Waals surface area contributed by atoms with Crippen molar-refractivity contribution < 1.29 is 0 Å². The molecule has 1 aromatic rings. The van der Waals surface area contributed by atoms with Crippen LogP contribution in [-0.2, 0) is 0 Å². The van der Waals surface area contributed by atoms with E-state index in [0.717, 1.165) is 29.7 Å². The van der Waals surface area contributed by atoms with Crippen molar-refractivity contribution in [1.29, 1.82) is 0 Å². The van der Waals surface area contributed by atoms with Crippen LogP contribution in [0.1, 0.15) is 32.1 Å². The zero-order chi connectivity index (χ0) is 10.5. The van der Waals surface area contributed by atoms with Crippen molar-refractivity contribution in [3.8, 4) is 0 Å². The van der Waals surface area contributed by atoms with Crippen molar-refractivity contribution in [2.24, 2.45) is 23.7 Å². The Hall–Kier alpha value is -0.920. The standard InChI is InChI=1S/C14H20N2/c1-2-7-16(6-1)15-14-9-10-8-13(14)12-5-3-4-11(10)12/h1-2,6-7,10-15H,3-5,8-9H2. The molecule has 3 fully saturated rings. The molecular weight excluding hydrogens is 196 g/mol. The van der Waals surface area contributed by atoms with Gasteiger partial charge in [0.15, 0.2) is 0 Å². The maximum Gasteiger partial charge on any atom is 0.0458 e. The van der Waals surface area contributed by atoms with E-state index in [4.69, 9.17) is 0 Å². The van der Waals surface area contributed by atoms with Gasteiger partial charge in [-0.15, -0.1) is 0 Å². The first kappa shape index (κ1) is 9.15. The molecule has 0 saturated heterocycles. The first-order valence-electron chi connectivity index (χ1n) is 6.81. The van der Waals surface area contributed by atoms with Gasteiger partial charge < -0.3 is 5.43 Å². The van der Waals surface area contributed by atoms with Gasteiger partial charge in [0.2, 0.25) is 0 Å². The number of aromatic nitrogens is 1. The van der Waals surface area contributed by atoms with E-state index in [9.17, 15) is 0 Å². The van der Waals surface area contributed by atoms with Crippen molar-refractivity contribution in [3.05, 3.63) is 24.5 Å².